The van der Waals surface area contributed by atoms with Gasteiger partial charge in [-0.3, -0.25) is 9.59 Å². The predicted octanol–water partition coefficient (Wildman–Crippen LogP) is 3.34. The lowest BCUT2D eigenvalue weighted by Gasteiger charge is -2.23. The molecule has 0 bridgehead atoms. The molecule has 2 aromatic carbocycles. The molecule has 0 radical (unpaired) electrons. The van der Waals surface area contributed by atoms with Gasteiger partial charge in [0.15, 0.2) is 0 Å². The minimum Gasteiger partial charge on any atom is -0.331 e. The highest BCUT2D eigenvalue weighted by Crippen LogP contribution is 2.26. The van der Waals surface area contributed by atoms with Crippen molar-refractivity contribution in [1.82, 2.24) is 14.5 Å². The Morgan fingerprint density at radius 1 is 1.18 bits per heavy atom. The van der Waals surface area contributed by atoms with Gasteiger partial charge in [0, 0.05) is 24.1 Å². The molecule has 1 aliphatic heterocycles. The zero-order chi connectivity index (χ0) is 19.8. The fraction of sp³-hybridized carbons (Fsp3) is 0.286. The van der Waals surface area contributed by atoms with Crippen LogP contribution in [0.5, 0.6) is 0 Å². The van der Waals surface area contributed by atoms with Crippen molar-refractivity contribution in [3.8, 4) is 0 Å². The summed E-state index contributed by atoms with van der Waals surface area (Å²) in [6.45, 7) is 3.91. The average Bonchev–Trinajstić information content (AvgIpc) is 3.26. The van der Waals surface area contributed by atoms with Crippen LogP contribution < -0.4 is 5.32 Å². The SMILES string of the molecule is Cc1cccc(NC(=O)C2CSCN2C(=O)c2ccc3c(c2)nc(C)n3C)c1. The van der Waals surface area contributed by atoms with Gasteiger partial charge in [0.25, 0.3) is 5.91 Å². The number of nitrogens with one attached hydrogen (secondary N) is 1. The molecule has 144 valence electrons. The van der Waals surface area contributed by atoms with Gasteiger partial charge in [0.05, 0.1) is 16.9 Å². The number of hydrogen-bond acceptors (Lipinski definition) is 4. The van der Waals surface area contributed by atoms with E-state index in [2.05, 4.69) is 10.3 Å². The maximum Gasteiger partial charge on any atom is 0.255 e. The highest BCUT2D eigenvalue weighted by molar-refractivity contribution is 7.99. The third kappa shape index (κ3) is 3.38. The smallest absolute Gasteiger partial charge is 0.255 e. The Labute approximate surface area is 167 Å². The van der Waals surface area contributed by atoms with Crippen LogP contribution in [0, 0.1) is 13.8 Å². The van der Waals surface area contributed by atoms with Gasteiger partial charge in [-0.05, 0) is 49.7 Å². The van der Waals surface area contributed by atoms with E-state index in [0.29, 0.717) is 17.2 Å². The largest absolute Gasteiger partial charge is 0.331 e. The van der Waals surface area contributed by atoms with Crippen LogP contribution in [0.3, 0.4) is 0 Å². The minimum atomic E-state index is -0.487. The van der Waals surface area contributed by atoms with Gasteiger partial charge in [-0.25, -0.2) is 4.98 Å². The van der Waals surface area contributed by atoms with Crippen LogP contribution in [0.2, 0.25) is 0 Å². The van der Waals surface area contributed by atoms with Gasteiger partial charge in [0.1, 0.15) is 11.9 Å². The van der Waals surface area contributed by atoms with E-state index in [9.17, 15) is 9.59 Å². The number of thioether (sulfide) groups is 1. The summed E-state index contributed by atoms with van der Waals surface area (Å²) in [7, 11) is 1.95. The maximum atomic E-state index is 13.1. The van der Waals surface area contributed by atoms with Crippen LogP contribution in [0.15, 0.2) is 42.5 Å². The average molecular weight is 395 g/mol. The van der Waals surface area contributed by atoms with E-state index in [1.165, 1.54) is 0 Å². The van der Waals surface area contributed by atoms with E-state index < -0.39 is 6.04 Å². The first-order valence-electron chi connectivity index (χ1n) is 9.13. The second kappa shape index (κ2) is 7.31. The summed E-state index contributed by atoms with van der Waals surface area (Å²) >= 11 is 1.59. The normalized spacial score (nSPS) is 16.5. The number of amides is 2. The molecule has 28 heavy (non-hydrogen) atoms. The van der Waals surface area contributed by atoms with E-state index in [1.807, 2.05) is 67.9 Å². The highest BCUT2D eigenvalue weighted by atomic mass is 32.2. The molecular weight excluding hydrogens is 372 g/mol. The third-order valence-electron chi connectivity index (χ3n) is 5.08. The van der Waals surface area contributed by atoms with Crippen LogP contribution in [0.4, 0.5) is 5.69 Å². The van der Waals surface area contributed by atoms with E-state index in [-0.39, 0.29) is 11.8 Å². The van der Waals surface area contributed by atoms with Crippen molar-refractivity contribution in [2.24, 2.45) is 7.05 Å². The second-order valence-corrected chi connectivity index (χ2v) is 8.07. The van der Waals surface area contributed by atoms with Crippen LogP contribution in [0.25, 0.3) is 11.0 Å². The molecule has 6 nitrogen and oxygen atoms in total. The molecule has 1 unspecified atom stereocenters. The number of imidazole rings is 1. The summed E-state index contributed by atoms with van der Waals surface area (Å²) < 4.78 is 1.99. The molecule has 4 rings (SSSR count). The fourth-order valence-electron chi connectivity index (χ4n) is 3.43. The Hall–Kier alpha value is -2.80. The van der Waals surface area contributed by atoms with Crippen molar-refractivity contribution in [3.05, 3.63) is 59.4 Å². The Morgan fingerprint density at radius 3 is 2.79 bits per heavy atom. The quantitative estimate of drug-likeness (QED) is 0.740. The molecule has 0 saturated carbocycles. The summed E-state index contributed by atoms with van der Waals surface area (Å²) in [4.78, 5) is 32.1. The first-order valence-corrected chi connectivity index (χ1v) is 10.3. The van der Waals surface area contributed by atoms with Crippen molar-refractivity contribution in [2.45, 2.75) is 19.9 Å². The van der Waals surface area contributed by atoms with Crippen LogP contribution in [-0.4, -0.2) is 43.9 Å². The van der Waals surface area contributed by atoms with E-state index in [1.54, 1.807) is 16.7 Å². The minimum absolute atomic E-state index is 0.139. The van der Waals surface area contributed by atoms with Crippen LogP contribution in [0.1, 0.15) is 21.7 Å². The Bertz CT molecular complexity index is 1080. The van der Waals surface area contributed by atoms with Gasteiger partial charge >= 0.3 is 0 Å². The number of benzene rings is 2. The lowest BCUT2D eigenvalue weighted by molar-refractivity contribution is -0.119. The molecular formula is C21H22N4O2S. The van der Waals surface area contributed by atoms with Gasteiger partial charge in [-0.2, -0.15) is 0 Å². The number of anilines is 1. The van der Waals surface area contributed by atoms with Crippen molar-refractivity contribution in [1.29, 1.82) is 0 Å². The summed E-state index contributed by atoms with van der Waals surface area (Å²) in [6.07, 6.45) is 0. The predicted molar refractivity (Wildman–Crippen MR) is 113 cm³/mol. The standard InChI is InChI=1S/C21H22N4O2S/c1-13-5-4-6-16(9-13)23-20(26)19-11-28-12-25(19)21(27)15-7-8-18-17(10-15)22-14(2)24(18)3/h4-10,19H,11-12H2,1-3H3,(H,23,26). The van der Waals surface area contributed by atoms with E-state index in [0.717, 1.165) is 28.1 Å². The van der Waals surface area contributed by atoms with E-state index in [4.69, 9.17) is 0 Å². The van der Waals surface area contributed by atoms with Crippen molar-refractivity contribution in [2.75, 3.05) is 16.9 Å². The lowest BCUT2D eigenvalue weighted by atomic mass is 10.1. The number of carbonyl (C=O) groups excluding carboxylic acids is 2. The number of carbonyl (C=O) groups is 2. The number of hydrogen-bond donors (Lipinski definition) is 1. The van der Waals surface area contributed by atoms with Crippen molar-refractivity contribution < 1.29 is 9.59 Å². The van der Waals surface area contributed by atoms with Crippen LogP contribution in [-0.2, 0) is 11.8 Å². The summed E-state index contributed by atoms with van der Waals surface area (Å²) in [5.41, 5.74) is 4.16. The molecule has 1 N–H and O–H groups in total. The van der Waals surface area contributed by atoms with Gasteiger partial charge in [-0.15, -0.1) is 11.8 Å². The summed E-state index contributed by atoms with van der Waals surface area (Å²) in [5.74, 6) is 1.70. The van der Waals surface area contributed by atoms with Crippen LogP contribution >= 0.6 is 11.8 Å². The molecule has 1 aliphatic rings. The topological polar surface area (TPSA) is 67.2 Å². The maximum absolute atomic E-state index is 13.1. The number of aryl methyl sites for hydroxylation is 3. The van der Waals surface area contributed by atoms with Crippen molar-refractivity contribution >= 4 is 40.3 Å². The van der Waals surface area contributed by atoms with Gasteiger partial charge < -0.3 is 14.8 Å². The molecule has 1 saturated heterocycles. The third-order valence-corrected chi connectivity index (χ3v) is 6.10. The van der Waals surface area contributed by atoms with Gasteiger partial charge in [-0.1, -0.05) is 12.1 Å². The number of rotatable bonds is 3. The van der Waals surface area contributed by atoms with Gasteiger partial charge in [0.2, 0.25) is 5.91 Å². The summed E-state index contributed by atoms with van der Waals surface area (Å²) in [6, 6.07) is 12.7. The highest BCUT2D eigenvalue weighted by Gasteiger charge is 2.35. The Morgan fingerprint density at radius 2 is 2.00 bits per heavy atom. The molecule has 2 heterocycles. The molecule has 1 aromatic heterocycles. The monoisotopic (exact) mass is 394 g/mol. The molecule has 7 heteroatoms. The zero-order valence-electron chi connectivity index (χ0n) is 16.1. The molecule has 3 aromatic rings. The number of nitrogens with zero attached hydrogens (tertiary/aromatic N) is 3. The molecule has 2 amide bonds. The first kappa shape index (κ1) is 18.6. The Balaban J connectivity index is 1.55. The fourth-order valence-corrected chi connectivity index (χ4v) is 4.58. The summed E-state index contributed by atoms with van der Waals surface area (Å²) in [5, 5.41) is 2.94. The molecule has 0 spiro atoms. The number of aromatic nitrogens is 2. The Kier molecular flexibility index (Phi) is 4.85. The first-order chi connectivity index (χ1) is 13.4. The molecule has 1 fully saturated rings. The lowest BCUT2D eigenvalue weighted by Crippen LogP contribution is -2.44. The second-order valence-electron chi connectivity index (χ2n) is 7.07. The van der Waals surface area contributed by atoms with E-state index >= 15 is 0 Å². The van der Waals surface area contributed by atoms with Crippen molar-refractivity contribution in [3.63, 3.8) is 0 Å². The number of fused-ring (bicyclic) bond motifs is 1. The molecule has 0 aliphatic carbocycles. The zero-order valence-corrected chi connectivity index (χ0v) is 16.9. The molecule has 1 atom stereocenters.